The van der Waals surface area contributed by atoms with E-state index in [1.807, 2.05) is 20.8 Å². The lowest BCUT2D eigenvalue weighted by Gasteiger charge is -2.10. The molecule has 0 unspecified atom stereocenters. The summed E-state index contributed by atoms with van der Waals surface area (Å²) in [5.41, 5.74) is 3.67. The Balaban J connectivity index is 2.72. The monoisotopic (exact) mass is 234 g/mol. The van der Waals surface area contributed by atoms with Crippen molar-refractivity contribution in [3.8, 4) is 5.69 Å². The van der Waals surface area contributed by atoms with Crippen LogP contribution in [0, 0.1) is 26.6 Å². The highest BCUT2D eigenvalue weighted by Gasteiger charge is 2.15. The van der Waals surface area contributed by atoms with Crippen molar-refractivity contribution >= 4 is 0 Å². The largest absolute Gasteiger partial charge is 0.392 e. The van der Waals surface area contributed by atoms with Crippen molar-refractivity contribution in [3.63, 3.8) is 0 Å². The van der Waals surface area contributed by atoms with E-state index in [-0.39, 0.29) is 12.4 Å². The molecule has 3 nitrogen and oxygen atoms in total. The van der Waals surface area contributed by atoms with Crippen molar-refractivity contribution in [3.05, 3.63) is 46.5 Å². The summed E-state index contributed by atoms with van der Waals surface area (Å²) in [7, 11) is 0. The second-order valence-corrected chi connectivity index (χ2v) is 4.11. The molecule has 90 valence electrons. The van der Waals surface area contributed by atoms with Crippen LogP contribution >= 0.6 is 0 Å². The molecular formula is C13H15FN2O. The number of halogens is 1. The van der Waals surface area contributed by atoms with Crippen molar-refractivity contribution in [2.24, 2.45) is 0 Å². The van der Waals surface area contributed by atoms with Gasteiger partial charge in [0.15, 0.2) is 0 Å². The maximum Gasteiger partial charge on any atom is 0.149 e. The predicted octanol–water partition coefficient (Wildman–Crippen LogP) is 2.43. The lowest BCUT2D eigenvalue weighted by molar-refractivity contribution is 0.280. The number of benzene rings is 1. The number of aliphatic hydroxyl groups excluding tert-OH is 1. The molecule has 0 aliphatic rings. The van der Waals surface area contributed by atoms with E-state index in [2.05, 4.69) is 5.10 Å². The summed E-state index contributed by atoms with van der Waals surface area (Å²) in [6, 6.07) is 4.66. The second kappa shape index (κ2) is 4.30. The number of aryl methyl sites for hydroxylation is 1. The molecule has 4 heteroatoms. The highest BCUT2D eigenvalue weighted by atomic mass is 19.1. The van der Waals surface area contributed by atoms with Gasteiger partial charge < -0.3 is 5.11 Å². The van der Waals surface area contributed by atoms with E-state index < -0.39 is 0 Å². The Morgan fingerprint density at radius 3 is 2.53 bits per heavy atom. The van der Waals surface area contributed by atoms with Gasteiger partial charge in [0.1, 0.15) is 11.5 Å². The van der Waals surface area contributed by atoms with E-state index in [0.717, 1.165) is 17.0 Å². The molecule has 2 aromatic rings. The molecule has 0 aliphatic heterocycles. The summed E-state index contributed by atoms with van der Waals surface area (Å²) in [5, 5.41) is 13.6. The molecule has 0 saturated heterocycles. The topological polar surface area (TPSA) is 38.0 Å². The van der Waals surface area contributed by atoms with Crippen LogP contribution in [-0.4, -0.2) is 14.9 Å². The fraction of sp³-hybridized carbons (Fsp3) is 0.308. The lowest BCUT2D eigenvalue weighted by atomic mass is 10.1. The minimum atomic E-state index is -0.373. The Kier molecular flexibility index (Phi) is 2.98. The molecule has 1 aromatic heterocycles. The number of aliphatic hydroxyl groups is 1. The van der Waals surface area contributed by atoms with Crippen LogP contribution in [0.15, 0.2) is 18.2 Å². The van der Waals surface area contributed by atoms with Crippen LogP contribution in [0.5, 0.6) is 0 Å². The molecule has 17 heavy (non-hydrogen) atoms. The Labute approximate surface area is 99.5 Å². The summed E-state index contributed by atoms with van der Waals surface area (Å²) >= 11 is 0. The van der Waals surface area contributed by atoms with E-state index >= 15 is 0 Å². The molecule has 1 aromatic carbocycles. The summed E-state index contributed by atoms with van der Waals surface area (Å²) < 4.78 is 15.4. The lowest BCUT2D eigenvalue weighted by Crippen LogP contribution is -2.06. The summed E-state index contributed by atoms with van der Waals surface area (Å²) in [6.45, 7) is 5.53. The van der Waals surface area contributed by atoms with Gasteiger partial charge >= 0.3 is 0 Å². The molecule has 1 heterocycles. The average Bonchev–Trinajstić information content (AvgIpc) is 2.56. The van der Waals surface area contributed by atoms with E-state index in [9.17, 15) is 9.50 Å². The van der Waals surface area contributed by atoms with Gasteiger partial charge in [0.2, 0.25) is 0 Å². The van der Waals surface area contributed by atoms with E-state index in [1.54, 1.807) is 16.8 Å². The molecular weight excluding hydrogens is 219 g/mol. The van der Waals surface area contributed by atoms with Gasteiger partial charge in [-0.2, -0.15) is 5.10 Å². The van der Waals surface area contributed by atoms with E-state index in [0.29, 0.717) is 11.3 Å². The Morgan fingerprint density at radius 2 is 2.00 bits per heavy atom. The van der Waals surface area contributed by atoms with Gasteiger partial charge in [0.25, 0.3) is 0 Å². The van der Waals surface area contributed by atoms with E-state index in [4.69, 9.17) is 0 Å². The van der Waals surface area contributed by atoms with Crippen LogP contribution < -0.4 is 0 Å². The summed E-state index contributed by atoms with van der Waals surface area (Å²) in [5.74, 6) is -0.373. The molecule has 0 spiro atoms. The van der Waals surface area contributed by atoms with Crippen LogP contribution in [0.1, 0.15) is 22.5 Å². The minimum absolute atomic E-state index is 0.204. The van der Waals surface area contributed by atoms with Crippen molar-refractivity contribution in [1.29, 1.82) is 0 Å². The number of hydrogen-bond donors (Lipinski definition) is 1. The number of aromatic nitrogens is 2. The van der Waals surface area contributed by atoms with Gasteiger partial charge in [-0.05, 0) is 32.4 Å². The zero-order valence-electron chi connectivity index (χ0n) is 10.2. The Hall–Kier alpha value is -1.68. The van der Waals surface area contributed by atoms with Gasteiger partial charge in [-0.15, -0.1) is 0 Å². The van der Waals surface area contributed by atoms with E-state index in [1.165, 1.54) is 6.07 Å². The third kappa shape index (κ3) is 1.85. The van der Waals surface area contributed by atoms with Gasteiger partial charge in [-0.25, -0.2) is 9.07 Å². The van der Waals surface area contributed by atoms with Crippen LogP contribution in [0.25, 0.3) is 5.69 Å². The molecule has 0 fully saturated rings. The normalized spacial score (nSPS) is 10.9. The molecule has 0 amide bonds. The maximum absolute atomic E-state index is 13.9. The third-order valence-corrected chi connectivity index (χ3v) is 3.11. The van der Waals surface area contributed by atoms with Crippen molar-refractivity contribution in [2.45, 2.75) is 27.4 Å². The molecule has 2 rings (SSSR count). The average molecular weight is 234 g/mol. The standard InChI is InChI=1S/C13H15FN2O/c1-8-9(2)15-16(10(8)3)13-11(7-17)5-4-6-12(13)14/h4-6,17H,7H2,1-3H3. The quantitative estimate of drug-likeness (QED) is 0.866. The van der Waals surface area contributed by atoms with Gasteiger partial charge in [-0.3, -0.25) is 0 Å². The Bertz CT molecular complexity index is 561. The summed E-state index contributed by atoms with van der Waals surface area (Å²) in [6.07, 6.45) is 0. The molecule has 0 saturated carbocycles. The number of nitrogens with zero attached hydrogens (tertiary/aromatic N) is 2. The van der Waals surface area contributed by atoms with Crippen LogP contribution in [-0.2, 0) is 6.61 Å². The Morgan fingerprint density at radius 1 is 1.29 bits per heavy atom. The van der Waals surface area contributed by atoms with Crippen LogP contribution in [0.2, 0.25) is 0 Å². The second-order valence-electron chi connectivity index (χ2n) is 4.11. The zero-order chi connectivity index (χ0) is 12.6. The molecule has 1 N–H and O–H groups in total. The first-order valence-electron chi connectivity index (χ1n) is 5.47. The van der Waals surface area contributed by atoms with Crippen molar-refractivity contribution in [1.82, 2.24) is 9.78 Å². The van der Waals surface area contributed by atoms with Crippen molar-refractivity contribution < 1.29 is 9.50 Å². The molecule has 0 radical (unpaired) electrons. The smallest absolute Gasteiger partial charge is 0.149 e. The fourth-order valence-corrected chi connectivity index (χ4v) is 1.86. The maximum atomic E-state index is 13.9. The predicted molar refractivity (Wildman–Crippen MR) is 63.7 cm³/mol. The third-order valence-electron chi connectivity index (χ3n) is 3.11. The minimum Gasteiger partial charge on any atom is -0.392 e. The van der Waals surface area contributed by atoms with Gasteiger partial charge in [-0.1, -0.05) is 12.1 Å². The summed E-state index contributed by atoms with van der Waals surface area (Å²) in [4.78, 5) is 0. The number of para-hydroxylation sites is 1. The number of rotatable bonds is 2. The van der Waals surface area contributed by atoms with Crippen LogP contribution in [0.3, 0.4) is 0 Å². The molecule has 0 bridgehead atoms. The van der Waals surface area contributed by atoms with Gasteiger partial charge in [0.05, 0.1) is 12.3 Å². The zero-order valence-corrected chi connectivity index (χ0v) is 10.2. The highest BCUT2D eigenvalue weighted by Crippen LogP contribution is 2.22. The molecule has 0 atom stereocenters. The van der Waals surface area contributed by atoms with Crippen molar-refractivity contribution in [2.75, 3.05) is 0 Å². The number of hydrogen-bond acceptors (Lipinski definition) is 2. The molecule has 0 aliphatic carbocycles. The highest BCUT2D eigenvalue weighted by molar-refractivity contribution is 5.44. The van der Waals surface area contributed by atoms with Crippen LogP contribution in [0.4, 0.5) is 4.39 Å². The first-order valence-corrected chi connectivity index (χ1v) is 5.47. The fourth-order valence-electron chi connectivity index (χ4n) is 1.86. The first kappa shape index (κ1) is 11.8. The first-order chi connectivity index (χ1) is 8.06. The van der Waals surface area contributed by atoms with Gasteiger partial charge in [0, 0.05) is 11.3 Å². The SMILES string of the molecule is Cc1nn(-c2c(F)cccc2CO)c(C)c1C.